The van der Waals surface area contributed by atoms with Crippen molar-refractivity contribution in [3.05, 3.63) is 75.8 Å². The van der Waals surface area contributed by atoms with Crippen LogP contribution in [0.3, 0.4) is 0 Å². The van der Waals surface area contributed by atoms with Crippen LogP contribution in [0.25, 0.3) is 0 Å². The molecule has 1 fully saturated rings. The monoisotopic (exact) mass is 459 g/mol. The molecule has 2 aliphatic carbocycles. The molecule has 0 amide bonds. The highest BCUT2D eigenvalue weighted by Gasteiger charge is 2.44. The van der Waals surface area contributed by atoms with E-state index in [1.165, 1.54) is 6.92 Å². The predicted molar refractivity (Wildman–Crippen MR) is 109 cm³/mol. The highest BCUT2D eigenvalue weighted by Crippen LogP contribution is 2.43. The third-order valence-corrected chi connectivity index (χ3v) is 6.08. The quantitative estimate of drug-likeness (QED) is 0.394. The van der Waals surface area contributed by atoms with E-state index in [0.717, 1.165) is 6.07 Å². The zero-order valence-corrected chi connectivity index (χ0v) is 17.6. The van der Waals surface area contributed by atoms with Crippen molar-refractivity contribution < 1.29 is 37.4 Å². The van der Waals surface area contributed by atoms with E-state index in [1.54, 1.807) is 30.3 Å². The van der Waals surface area contributed by atoms with Crippen molar-refractivity contribution in [2.45, 2.75) is 39.0 Å². The number of esters is 1. The van der Waals surface area contributed by atoms with E-state index < -0.39 is 46.5 Å². The van der Waals surface area contributed by atoms with Gasteiger partial charge in [0.2, 0.25) is 5.78 Å². The number of halogens is 3. The molecule has 2 unspecified atom stereocenters. The van der Waals surface area contributed by atoms with Gasteiger partial charge in [0.15, 0.2) is 11.5 Å². The van der Waals surface area contributed by atoms with E-state index in [9.17, 15) is 32.7 Å². The molecule has 2 atom stereocenters. The lowest BCUT2D eigenvalue weighted by Gasteiger charge is -2.21. The first kappa shape index (κ1) is 22.7. The van der Waals surface area contributed by atoms with Gasteiger partial charge in [-0.3, -0.25) is 9.59 Å². The highest BCUT2D eigenvalue weighted by atomic mass is 19.4. The summed E-state index contributed by atoms with van der Waals surface area (Å²) in [6, 6.07) is 9.13. The summed E-state index contributed by atoms with van der Waals surface area (Å²) in [6.45, 7) is 0.906. The van der Waals surface area contributed by atoms with E-state index in [-0.39, 0.29) is 29.5 Å². The first-order valence-corrected chi connectivity index (χ1v) is 10.4. The minimum Gasteiger partial charge on any atom is -0.511 e. The molecule has 33 heavy (non-hydrogen) atoms. The van der Waals surface area contributed by atoms with Crippen molar-refractivity contribution in [3.63, 3.8) is 0 Å². The van der Waals surface area contributed by atoms with Gasteiger partial charge in [-0.25, -0.2) is 9.78 Å². The number of Topliss-reactive ketones (excluding diaryl/α,β-unsaturated/α-hetero) is 2. The number of aromatic nitrogens is 1. The van der Waals surface area contributed by atoms with Gasteiger partial charge >= 0.3 is 12.1 Å². The number of aliphatic hydroxyl groups is 1. The molecule has 0 spiro atoms. The number of carbonyl (C=O) groups excluding carboxylic acids is 3. The summed E-state index contributed by atoms with van der Waals surface area (Å²) in [7, 11) is 0. The van der Waals surface area contributed by atoms with Crippen LogP contribution < -0.4 is 0 Å². The van der Waals surface area contributed by atoms with Crippen LogP contribution in [0.4, 0.5) is 13.2 Å². The topological polar surface area (TPSA) is 93.6 Å². The Balaban J connectivity index is 1.72. The number of fused-ring (bicyclic) bond motifs is 2. The number of hydrogen-bond donors (Lipinski definition) is 1. The smallest absolute Gasteiger partial charge is 0.434 e. The summed E-state index contributed by atoms with van der Waals surface area (Å²) in [5.74, 6) is -3.84. The maximum atomic E-state index is 13.6. The van der Waals surface area contributed by atoms with Crippen LogP contribution in [-0.4, -0.2) is 27.6 Å². The van der Waals surface area contributed by atoms with Crippen LogP contribution in [0.5, 0.6) is 0 Å². The molecule has 1 aromatic carbocycles. The van der Waals surface area contributed by atoms with Gasteiger partial charge in [-0.15, -0.1) is 0 Å². The van der Waals surface area contributed by atoms with E-state index in [0.29, 0.717) is 24.8 Å². The molecule has 2 aromatic rings. The molecule has 2 aliphatic rings. The fourth-order valence-corrected chi connectivity index (χ4v) is 4.37. The van der Waals surface area contributed by atoms with Gasteiger partial charge < -0.3 is 9.84 Å². The minimum absolute atomic E-state index is 0.276. The Morgan fingerprint density at radius 1 is 1.12 bits per heavy atom. The molecule has 6 nitrogen and oxygen atoms in total. The Kier molecular flexibility index (Phi) is 5.82. The second kappa shape index (κ2) is 8.46. The van der Waals surface area contributed by atoms with Crippen LogP contribution in [-0.2, 0) is 22.3 Å². The number of ketones is 2. The zero-order valence-electron chi connectivity index (χ0n) is 17.6. The third kappa shape index (κ3) is 4.27. The van der Waals surface area contributed by atoms with Crippen LogP contribution in [0.15, 0.2) is 47.7 Å². The second-order valence-corrected chi connectivity index (χ2v) is 8.24. The maximum Gasteiger partial charge on any atom is 0.434 e. The lowest BCUT2D eigenvalue weighted by molar-refractivity contribution is -0.141. The summed E-state index contributed by atoms with van der Waals surface area (Å²) in [5, 5.41) is 10.5. The zero-order chi connectivity index (χ0) is 23.9. The van der Waals surface area contributed by atoms with Gasteiger partial charge in [-0.1, -0.05) is 30.3 Å². The van der Waals surface area contributed by atoms with E-state index >= 15 is 0 Å². The van der Waals surface area contributed by atoms with Crippen LogP contribution >= 0.6 is 0 Å². The number of benzene rings is 1. The van der Waals surface area contributed by atoms with Crippen molar-refractivity contribution in [1.82, 2.24) is 4.98 Å². The summed E-state index contributed by atoms with van der Waals surface area (Å²) in [4.78, 5) is 41.9. The van der Waals surface area contributed by atoms with Crippen molar-refractivity contribution >= 4 is 17.5 Å². The molecule has 0 aliphatic heterocycles. The van der Waals surface area contributed by atoms with Gasteiger partial charge in [0, 0.05) is 23.1 Å². The van der Waals surface area contributed by atoms with E-state index in [2.05, 4.69) is 4.98 Å². The average molecular weight is 459 g/mol. The predicted octanol–water partition coefficient (Wildman–Crippen LogP) is 4.76. The number of alkyl halides is 3. The van der Waals surface area contributed by atoms with Crippen molar-refractivity contribution in [2.75, 3.05) is 0 Å². The number of rotatable bonds is 5. The molecule has 1 saturated carbocycles. The Bertz CT molecular complexity index is 1170. The summed E-state index contributed by atoms with van der Waals surface area (Å²) >= 11 is 0. The number of aliphatic hydroxyl groups excluding tert-OH is 1. The Labute approximate surface area is 187 Å². The molecule has 1 aromatic heterocycles. The lowest BCUT2D eigenvalue weighted by Crippen LogP contribution is -2.28. The second-order valence-electron chi connectivity index (χ2n) is 8.24. The van der Waals surface area contributed by atoms with Crippen molar-refractivity contribution in [1.29, 1.82) is 0 Å². The molecule has 0 saturated heterocycles. The number of ether oxygens (including phenoxy) is 1. The van der Waals surface area contributed by atoms with Gasteiger partial charge in [-0.05, 0) is 37.8 Å². The first-order valence-electron chi connectivity index (χ1n) is 10.4. The minimum atomic E-state index is -4.98. The molecule has 1 heterocycles. The summed E-state index contributed by atoms with van der Waals surface area (Å²) in [6.07, 6.45) is -3.44. The van der Waals surface area contributed by atoms with Gasteiger partial charge in [0.25, 0.3) is 0 Å². The number of pyridine rings is 1. The molecule has 0 radical (unpaired) electrons. The molecule has 1 N–H and O–H groups in total. The van der Waals surface area contributed by atoms with E-state index in [4.69, 9.17) is 4.74 Å². The molecule has 2 bridgehead atoms. The lowest BCUT2D eigenvalue weighted by atomic mass is 9.83. The number of nitrogens with zero attached hydrogens (tertiary/aromatic N) is 1. The Morgan fingerprint density at radius 2 is 1.79 bits per heavy atom. The van der Waals surface area contributed by atoms with Crippen LogP contribution in [0, 0.1) is 18.8 Å². The highest BCUT2D eigenvalue weighted by molar-refractivity contribution is 6.28. The van der Waals surface area contributed by atoms with Crippen LogP contribution in [0.2, 0.25) is 0 Å². The number of aryl methyl sites for hydroxylation is 1. The maximum absolute atomic E-state index is 13.6. The summed E-state index contributed by atoms with van der Waals surface area (Å²) < 4.78 is 45.9. The van der Waals surface area contributed by atoms with Gasteiger partial charge in [-0.2, -0.15) is 13.2 Å². The SMILES string of the molecule is Cc1nc(C(F)(F)F)c(C(=O)OCc2ccccc2)cc1C(=O)C1=C(O)C2CCC(C2)C1=O. The summed E-state index contributed by atoms with van der Waals surface area (Å²) in [5.41, 5.74) is -2.94. The third-order valence-electron chi connectivity index (χ3n) is 6.08. The molecule has 172 valence electrons. The van der Waals surface area contributed by atoms with Crippen molar-refractivity contribution in [2.24, 2.45) is 11.8 Å². The van der Waals surface area contributed by atoms with Crippen molar-refractivity contribution in [3.8, 4) is 0 Å². The fourth-order valence-electron chi connectivity index (χ4n) is 4.37. The first-order chi connectivity index (χ1) is 15.6. The fraction of sp³-hybridized carbons (Fsp3) is 0.333. The van der Waals surface area contributed by atoms with E-state index in [1.807, 2.05) is 0 Å². The van der Waals surface area contributed by atoms with Gasteiger partial charge in [0.05, 0.1) is 5.56 Å². The standard InChI is InChI=1S/C24H20F3NO5/c1-12-16(21(31)18-19(29)14-7-8-15(9-14)20(18)30)10-17(22(28-12)24(25,26)27)23(32)33-11-13-5-3-2-4-6-13/h2-6,10,14-15,29H,7-9,11H2,1H3. The number of hydrogen-bond acceptors (Lipinski definition) is 6. The van der Waals surface area contributed by atoms with Crippen LogP contribution in [0.1, 0.15) is 56.9 Å². The normalized spacial score (nSPS) is 20.2. The molecule has 9 heteroatoms. The molecule has 4 rings (SSSR count). The Hall–Kier alpha value is -3.49. The largest absolute Gasteiger partial charge is 0.511 e. The average Bonchev–Trinajstić information content (AvgIpc) is 3.23. The molecular formula is C24H20F3NO5. The number of carbonyl (C=O) groups is 3. The molecular weight excluding hydrogens is 439 g/mol. The Morgan fingerprint density at radius 3 is 2.45 bits per heavy atom. The van der Waals surface area contributed by atoms with Gasteiger partial charge in [0.1, 0.15) is 17.9 Å². The number of allylic oxidation sites excluding steroid dienone is 2.